The van der Waals surface area contributed by atoms with Gasteiger partial charge >= 0.3 is 6.03 Å². The standard InChI is InChI=1S/C28H34N8O3/c1-35-13-19(14-35)31-16-28-9-20(10-28)36(26-21(28)7-6-18(15-37)32-26)27(38)34-25-8-23(17(11-29)12-30-25)33-22-4-3-5-24(22)39-2/h6-8,12,15,19-20,22,24,31H,3-5,9-10,13-14,16H2,1-2H3,(H2,30,33,34,38). The summed E-state index contributed by atoms with van der Waals surface area (Å²) in [5.74, 6) is 0.876. The molecule has 2 aromatic rings. The molecule has 5 heterocycles. The minimum Gasteiger partial charge on any atom is -0.379 e. The molecule has 7 rings (SSSR count). The van der Waals surface area contributed by atoms with Gasteiger partial charge in [0.2, 0.25) is 0 Å². The third-order valence-electron chi connectivity index (χ3n) is 8.80. The third-order valence-corrected chi connectivity index (χ3v) is 8.80. The first-order chi connectivity index (χ1) is 18.9. The van der Waals surface area contributed by atoms with Gasteiger partial charge in [-0.25, -0.2) is 14.8 Å². The van der Waals surface area contributed by atoms with Gasteiger partial charge in [0.15, 0.2) is 6.29 Å². The second-order valence-corrected chi connectivity index (χ2v) is 11.3. The molecule has 2 unspecified atom stereocenters. The predicted octanol–water partition coefficient (Wildman–Crippen LogP) is 2.50. The highest BCUT2D eigenvalue weighted by Crippen LogP contribution is 2.54. The first-order valence-electron chi connectivity index (χ1n) is 13.6. The Balaban J connectivity index is 1.22. The van der Waals surface area contributed by atoms with Crippen LogP contribution in [0.5, 0.6) is 0 Å². The predicted molar refractivity (Wildman–Crippen MR) is 146 cm³/mol. The monoisotopic (exact) mass is 530 g/mol. The molecular formula is C28H34N8O3. The number of nitrogens with zero attached hydrogens (tertiary/aromatic N) is 5. The van der Waals surface area contributed by atoms with E-state index in [0.29, 0.717) is 40.9 Å². The van der Waals surface area contributed by atoms with Crippen LogP contribution in [0.4, 0.5) is 22.1 Å². The van der Waals surface area contributed by atoms with Gasteiger partial charge in [0.1, 0.15) is 23.4 Å². The summed E-state index contributed by atoms with van der Waals surface area (Å²) in [6, 6.07) is 7.76. The van der Waals surface area contributed by atoms with Crippen molar-refractivity contribution in [2.45, 2.75) is 61.7 Å². The van der Waals surface area contributed by atoms with E-state index in [1.54, 1.807) is 24.1 Å². The SMILES string of the molecule is COC1CCCC1Nc1cc(NC(=O)N2c3nc(C=O)ccc3C3(CNC4CN(C)C4)CC2C3)ncc1C#N. The van der Waals surface area contributed by atoms with Crippen molar-refractivity contribution in [3.8, 4) is 6.07 Å². The van der Waals surface area contributed by atoms with E-state index in [4.69, 9.17) is 4.74 Å². The Kier molecular flexibility index (Phi) is 6.71. The molecule has 5 aliphatic rings. The van der Waals surface area contributed by atoms with Gasteiger partial charge in [0.25, 0.3) is 0 Å². The summed E-state index contributed by atoms with van der Waals surface area (Å²) in [7, 11) is 3.81. The average molecular weight is 531 g/mol. The van der Waals surface area contributed by atoms with Crippen molar-refractivity contribution in [2.75, 3.05) is 49.3 Å². The van der Waals surface area contributed by atoms with Gasteiger partial charge in [-0.1, -0.05) is 6.07 Å². The molecule has 0 aromatic carbocycles. The number of aromatic nitrogens is 2. The Morgan fingerprint density at radius 1 is 1.31 bits per heavy atom. The molecule has 39 heavy (non-hydrogen) atoms. The van der Waals surface area contributed by atoms with Crippen LogP contribution in [0.2, 0.25) is 0 Å². The number of nitriles is 1. The quantitative estimate of drug-likeness (QED) is 0.440. The summed E-state index contributed by atoms with van der Waals surface area (Å²) < 4.78 is 5.59. The van der Waals surface area contributed by atoms with Crippen LogP contribution in [0.1, 0.15) is 53.7 Å². The van der Waals surface area contributed by atoms with E-state index in [0.717, 1.165) is 57.3 Å². The molecule has 3 fully saturated rings. The number of rotatable bonds is 8. The number of ether oxygens (including phenoxy) is 1. The molecule has 11 heteroatoms. The fraction of sp³-hybridized carbons (Fsp3) is 0.536. The van der Waals surface area contributed by atoms with Crippen LogP contribution in [-0.4, -0.2) is 85.2 Å². The van der Waals surface area contributed by atoms with Crippen LogP contribution in [0, 0.1) is 11.3 Å². The number of amides is 2. The fourth-order valence-electron chi connectivity index (χ4n) is 6.69. The smallest absolute Gasteiger partial charge is 0.328 e. The zero-order chi connectivity index (χ0) is 27.1. The summed E-state index contributed by atoms with van der Waals surface area (Å²) in [5, 5.41) is 19.7. The number of anilines is 3. The van der Waals surface area contributed by atoms with E-state index in [2.05, 4.69) is 43.9 Å². The zero-order valence-corrected chi connectivity index (χ0v) is 22.3. The van der Waals surface area contributed by atoms with Gasteiger partial charge in [-0.05, 0) is 45.2 Å². The summed E-state index contributed by atoms with van der Waals surface area (Å²) in [4.78, 5) is 38.1. The van der Waals surface area contributed by atoms with Crippen LogP contribution in [0.15, 0.2) is 24.4 Å². The lowest BCUT2D eigenvalue weighted by atomic mass is 9.58. The van der Waals surface area contributed by atoms with Crippen molar-refractivity contribution in [1.29, 1.82) is 5.26 Å². The number of likely N-dealkylation sites (tertiary alicyclic amines) is 1. The second kappa shape index (κ2) is 10.2. The Bertz CT molecular complexity index is 1310. The molecule has 2 atom stereocenters. The van der Waals surface area contributed by atoms with E-state index in [9.17, 15) is 14.9 Å². The van der Waals surface area contributed by atoms with E-state index < -0.39 is 0 Å². The topological polar surface area (TPSA) is 136 Å². The third kappa shape index (κ3) is 4.62. The number of methoxy groups -OCH3 is 1. The lowest BCUT2D eigenvalue weighted by Crippen LogP contribution is -2.66. The maximum Gasteiger partial charge on any atom is 0.328 e. The summed E-state index contributed by atoms with van der Waals surface area (Å²) in [6.45, 7) is 2.89. The molecule has 0 spiro atoms. The number of carbonyl (C=O) groups excluding carboxylic acids is 2. The van der Waals surface area contributed by atoms with Gasteiger partial charge in [-0.15, -0.1) is 0 Å². The minimum absolute atomic E-state index is 0.0188. The van der Waals surface area contributed by atoms with Crippen LogP contribution < -0.4 is 20.9 Å². The Hall–Kier alpha value is -3.59. The normalized spacial score (nSPS) is 27.6. The van der Waals surface area contributed by atoms with E-state index >= 15 is 0 Å². The molecule has 2 aliphatic carbocycles. The number of urea groups is 1. The molecule has 2 aromatic heterocycles. The van der Waals surface area contributed by atoms with Crippen molar-refractivity contribution >= 4 is 29.6 Å². The summed E-state index contributed by atoms with van der Waals surface area (Å²) >= 11 is 0. The van der Waals surface area contributed by atoms with Crippen LogP contribution in [-0.2, 0) is 10.2 Å². The lowest BCUT2D eigenvalue weighted by Gasteiger charge is -2.57. The molecule has 1 saturated heterocycles. The van der Waals surface area contributed by atoms with Gasteiger partial charge in [-0.3, -0.25) is 15.0 Å². The van der Waals surface area contributed by atoms with Crippen molar-refractivity contribution in [1.82, 2.24) is 20.2 Å². The molecule has 2 bridgehead atoms. The number of nitrogens with one attached hydrogen (secondary N) is 3. The Morgan fingerprint density at radius 3 is 2.85 bits per heavy atom. The van der Waals surface area contributed by atoms with Gasteiger partial charge in [-0.2, -0.15) is 5.26 Å². The highest BCUT2D eigenvalue weighted by atomic mass is 16.5. The maximum atomic E-state index is 13.7. The average Bonchev–Trinajstić information content (AvgIpc) is 3.36. The number of hydrogen-bond donors (Lipinski definition) is 3. The van der Waals surface area contributed by atoms with Gasteiger partial charge in [0, 0.05) is 62.1 Å². The molecule has 3 aliphatic heterocycles. The largest absolute Gasteiger partial charge is 0.379 e. The highest BCUT2D eigenvalue weighted by Gasteiger charge is 2.56. The number of likely N-dealkylation sites (N-methyl/N-ethyl adjacent to an activating group) is 1. The molecular weight excluding hydrogens is 496 g/mol. The second-order valence-electron chi connectivity index (χ2n) is 11.3. The molecule has 3 N–H and O–H groups in total. The Morgan fingerprint density at radius 2 is 2.13 bits per heavy atom. The van der Waals surface area contributed by atoms with E-state index in [-0.39, 0.29) is 29.6 Å². The maximum absolute atomic E-state index is 13.7. The first-order valence-corrected chi connectivity index (χ1v) is 13.6. The van der Waals surface area contributed by atoms with Crippen LogP contribution in [0.25, 0.3) is 0 Å². The van der Waals surface area contributed by atoms with Crippen LogP contribution >= 0.6 is 0 Å². The summed E-state index contributed by atoms with van der Waals surface area (Å²) in [5.41, 5.74) is 2.22. The van der Waals surface area contributed by atoms with Crippen molar-refractivity contribution < 1.29 is 14.3 Å². The summed E-state index contributed by atoms with van der Waals surface area (Å²) in [6.07, 6.45) is 6.87. The molecule has 2 saturated carbocycles. The van der Waals surface area contributed by atoms with Crippen molar-refractivity contribution in [3.05, 3.63) is 41.2 Å². The van der Waals surface area contributed by atoms with Gasteiger partial charge in [0.05, 0.1) is 23.4 Å². The number of aldehydes is 1. The van der Waals surface area contributed by atoms with Gasteiger partial charge < -0.3 is 20.3 Å². The van der Waals surface area contributed by atoms with E-state index in [1.807, 2.05) is 6.07 Å². The molecule has 2 amide bonds. The van der Waals surface area contributed by atoms with Crippen molar-refractivity contribution in [3.63, 3.8) is 0 Å². The number of pyridine rings is 2. The number of carbonyl (C=O) groups is 2. The number of hydrogen-bond acceptors (Lipinski definition) is 9. The van der Waals surface area contributed by atoms with Crippen molar-refractivity contribution in [2.24, 2.45) is 0 Å². The highest BCUT2D eigenvalue weighted by molar-refractivity contribution is 6.03. The first kappa shape index (κ1) is 25.7. The fourth-order valence-corrected chi connectivity index (χ4v) is 6.69. The van der Waals surface area contributed by atoms with E-state index in [1.165, 1.54) is 6.20 Å². The molecule has 11 nitrogen and oxygen atoms in total. The van der Waals surface area contributed by atoms with Crippen LogP contribution in [0.3, 0.4) is 0 Å². The lowest BCUT2D eigenvalue weighted by molar-refractivity contribution is 0.101. The Labute approximate surface area is 227 Å². The minimum atomic E-state index is -0.350. The molecule has 204 valence electrons. The zero-order valence-electron chi connectivity index (χ0n) is 22.3. The molecule has 0 radical (unpaired) electrons.